The van der Waals surface area contributed by atoms with Crippen molar-refractivity contribution >= 4 is 35.1 Å². The van der Waals surface area contributed by atoms with Crippen LogP contribution in [-0.4, -0.2) is 25.5 Å². The van der Waals surface area contributed by atoms with Crippen molar-refractivity contribution < 1.29 is 0 Å². The lowest BCUT2D eigenvalue weighted by Crippen LogP contribution is -2.37. The Morgan fingerprint density at radius 3 is 2.94 bits per heavy atom. The zero-order valence-electron chi connectivity index (χ0n) is 10.7. The number of hydrogen-bond acceptors (Lipinski definition) is 3. The Hall–Kier alpha value is -0.810. The molecule has 0 radical (unpaired) electrons. The number of thioether (sulfide) groups is 1. The van der Waals surface area contributed by atoms with E-state index in [2.05, 4.69) is 33.8 Å². The Kier molecular flexibility index (Phi) is 2.98. The summed E-state index contributed by atoms with van der Waals surface area (Å²) in [5.41, 5.74) is 3.20. The minimum Gasteiger partial charge on any atom is -0.329 e. The molecule has 0 spiro atoms. The molecular formula is C13H17N3S2. The SMILES string of the molecule is CSC1(Cn2c(=S)[nH]c3cc(C)cnc32)CCC1. The van der Waals surface area contributed by atoms with Gasteiger partial charge in [-0.25, -0.2) is 4.98 Å². The molecule has 0 atom stereocenters. The van der Waals surface area contributed by atoms with Crippen LogP contribution in [0.5, 0.6) is 0 Å². The summed E-state index contributed by atoms with van der Waals surface area (Å²) in [4.78, 5) is 7.80. The highest BCUT2D eigenvalue weighted by molar-refractivity contribution is 8.00. The fourth-order valence-corrected chi connectivity index (χ4v) is 3.80. The molecular weight excluding hydrogens is 262 g/mol. The maximum atomic E-state index is 5.44. The Morgan fingerprint density at radius 1 is 1.56 bits per heavy atom. The monoisotopic (exact) mass is 279 g/mol. The van der Waals surface area contributed by atoms with E-state index >= 15 is 0 Å². The number of pyridine rings is 1. The summed E-state index contributed by atoms with van der Waals surface area (Å²) < 4.78 is 3.34. The maximum absolute atomic E-state index is 5.44. The first kappa shape index (κ1) is 12.2. The van der Waals surface area contributed by atoms with Crippen LogP contribution in [0, 0.1) is 11.7 Å². The van der Waals surface area contributed by atoms with Gasteiger partial charge < -0.3 is 9.55 Å². The second kappa shape index (κ2) is 4.38. The smallest absolute Gasteiger partial charge is 0.179 e. The van der Waals surface area contributed by atoms with Gasteiger partial charge in [-0.15, -0.1) is 0 Å². The van der Waals surface area contributed by atoms with Crippen LogP contribution in [0.3, 0.4) is 0 Å². The number of fused-ring (bicyclic) bond motifs is 1. The van der Waals surface area contributed by atoms with Gasteiger partial charge in [-0.2, -0.15) is 11.8 Å². The summed E-state index contributed by atoms with van der Waals surface area (Å²) in [5.74, 6) is 0. The first-order valence-electron chi connectivity index (χ1n) is 6.24. The maximum Gasteiger partial charge on any atom is 0.179 e. The lowest BCUT2D eigenvalue weighted by Gasteiger charge is -2.40. The minimum absolute atomic E-state index is 0.375. The summed E-state index contributed by atoms with van der Waals surface area (Å²) in [5, 5.41) is 0. The van der Waals surface area contributed by atoms with Crippen LogP contribution in [0.2, 0.25) is 0 Å². The zero-order valence-corrected chi connectivity index (χ0v) is 12.3. The van der Waals surface area contributed by atoms with Crippen molar-refractivity contribution in [3.05, 3.63) is 22.6 Å². The van der Waals surface area contributed by atoms with E-state index in [0.29, 0.717) is 4.75 Å². The van der Waals surface area contributed by atoms with E-state index in [1.54, 1.807) is 0 Å². The van der Waals surface area contributed by atoms with Crippen LogP contribution < -0.4 is 0 Å². The van der Waals surface area contributed by atoms with Crippen molar-refractivity contribution in [1.29, 1.82) is 0 Å². The van der Waals surface area contributed by atoms with Crippen LogP contribution in [-0.2, 0) is 6.54 Å². The molecule has 0 aromatic carbocycles. The van der Waals surface area contributed by atoms with Crippen LogP contribution in [0.4, 0.5) is 0 Å². The third kappa shape index (κ3) is 1.89. The van der Waals surface area contributed by atoms with E-state index in [0.717, 1.165) is 28.0 Å². The van der Waals surface area contributed by atoms with Crippen molar-refractivity contribution in [3.63, 3.8) is 0 Å². The van der Waals surface area contributed by atoms with E-state index < -0.39 is 0 Å². The van der Waals surface area contributed by atoms with Gasteiger partial charge in [0.25, 0.3) is 0 Å². The highest BCUT2D eigenvalue weighted by Crippen LogP contribution is 2.44. The van der Waals surface area contributed by atoms with Crippen LogP contribution >= 0.6 is 24.0 Å². The molecule has 0 bridgehead atoms. The van der Waals surface area contributed by atoms with Crippen molar-refractivity contribution in [1.82, 2.24) is 14.5 Å². The molecule has 0 saturated heterocycles. The zero-order chi connectivity index (χ0) is 12.8. The number of aromatic amines is 1. The molecule has 2 heterocycles. The van der Waals surface area contributed by atoms with Crippen LogP contribution in [0.15, 0.2) is 12.3 Å². The molecule has 1 aliphatic carbocycles. The normalized spacial score (nSPS) is 17.9. The van der Waals surface area contributed by atoms with Crippen molar-refractivity contribution in [2.45, 2.75) is 37.5 Å². The fraction of sp³-hybridized carbons (Fsp3) is 0.538. The van der Waals surface area contributed by atoms with Gasteiger partial charge in [0.1, 0.15) is 0 Å². The molecule has 2 aromatic heterocycles. The average Bonchev–Trinajstić information content (AvgIpc) is 2.59. The summed E-state index contributed by atoms with van der Waals surface area (Å²) in [6.07, 6.45) is 8.02. The number of imidazole rings is 1. The molecule has 0 amide bonds. The number of rotatable bonds is 3. The topological polar surface area (TPSA) is 33.6 Å². The molecule has 0 aliphatic heterocycles. The first-order chi connectivity index (χ1) is 8.63. The van der Waals surface area contributed by atoms with Gasteiger partial charge in [0.2, 0.25) is 0 Å². The van der Waals surface area contributed by atoms with Gasteiger partial charge in [0.15, 0.2) is 10.4 Å². The number of nitrogens with one attached hydrogen (secondary N) is 1. The first-order valence-corrected chi connectivity index (χ1v) is 7.87. The molecule has 1 aliphatic rings. The molecule has 0 unspecified atom stereocenters. The number of H-pyrrole nitrogens is 1. The summed E-state index contributed by atoms with van der Waals surface area (Å²) in [7, 11) is 0. The molecule has 5 heteroatoms. The summed E-state index contributed by atoms with van der Waals surface area (Å²) >= 11 is 7.41. The predicted octanol–water partition coefficient (Wildman–Crippen LogP) is 3.69. The molecule has 3 nitrogen and oxygen atoms in total. The molecule has 3 rings (SSSR count). The van der Waals surface area contributed by atoms with Gasteiger partial charge in [-0.3, -0.25) is 0 Å². The Morgan fingerprint density at radius 2 is 2.33 bits per heavy atom. The van der Waals surface area contributed by atoms with Crippen molar-refractivity contribution in [2.24, 2.45) is 0 Å². The van der Waals surface area contributed by atoms with Gasteiger partial charge in [0, 0.05) is 17.5 Å². The molecule has 2 aromatic rings. The fourth-order valence-electron chi connectivity index (χ4n) is 2.58. The van der Waals surface area contributed by atoms with Crippen molar-refractivity contribution in [3.8, 4) is 0 Å². The van der Waals surface area contributed by atoms with Gasteiger partial charge in [-0.05, 0) is 49.9 Å². The minimum atomic E-state index is 0.375. The van der Waals surface area contributed by atoms with E-state index in [-0.39, 0.29) is 0 Å². The number of aromatic nitrogens is 3. The van der Waals surface area contributed by atoms with Crippen LogP contribution in [0.1, 0.15) is 24.8 Å². The molecule has 1 N–H and O–H groups in total. The highest BCUT2D eigenvalue weighted by Gasteiger charge is 2.37. The summed E-state index contributed by atoms with van der Waals surface area (Å²) in [6.45, 7) is 3.03. The second-order valence-corrected chi connectivity index (χ2v) is 6.80. The Balaban J connectivity index is 2.06. The predicted molar refractivity (Wildman–Crippen MR) is 79.8 cm³/mol. The highest BCUT2D eigenvalue weighted by atomic mass is 32.2. The van der Waals surface area contributed by atoms with Gasteiger partial charge in [-0.1, -0.05) is 6.42 Å². The number of nitrogens with zero attached hydrogens (tertiary/aromatic N) is 2. The third-order valence-electron chi connectivity index (χ3n) is 3.89. The van der Waals surface area contributed by atoms with E-state index in [4.69, 9.17) is 12.2 Å². The number of aryl methyl sites for hydroxylation is 1. The third-order valence-corrected chi connectivity index (χ3v) is 5.62. The Labute approximate surface area is 116 Å². The lowest BCUT2D eigenvalue weighted by atomic mass is 9.84. The van der Waals surface area contributed by atoms with Gasteiger partial charge >= 0.3 is 0 Å². The second-order valence-electron chi connectivity index (χ2n) is 5.14. The van der Waals surface area contributed by atoms with Crippen LogP contribution in [0.25, 0.3) is 11.2 Å². The van der Waals surface area contributed by atoms with Crippen molar-refractivity contribution in [2.75, 3.05) is 6.26 Å². The van der Waals surface area contributed by atoms with E-state index in [1.165, 1.54) is 19.3 Å². The largest absolute Gasteiger partial charge is 0.329 e. The average molecular weight is 279 g/mol. The molecule has 96 valence electrons. The van der Waals surface area contributed by atoms with E-state index in [1.807, 2.05) is 18.0 Å². The summed E-state index contributed by atoms with van der Waals surface area (Å²) in [6, 6.07) is 2.11. The molecule has 18 heavy (non-hydrogen) atoms. The quantitative estimate of drug-likeness (QED) is 0.870. The Bertz CT molecular complexity index is 632. The van der Waals surface area contributed by atoms with Gasteiger partial charge in [0.05, 0.1) is 5.52 Å². The molecule has 1 fully saturated rings. The standard InChI is InChI=1S/C13H17N3S2/c1-9-6-10-11(14-7-9)16(12(17)15-10)8-13(18-2)4-3-5-13/h6-7H,3-5,8H2,1-2H3,(H,15,17). The molecule has 1 saturated carbocycles. The van der Waals surface area contributed by atoms with E-state index in [9.17, 15) is 0 Å². The lowest BCUT2D eigenvalue weighted by molar-refractivity contribution is 0.323. The number of hydrogen-bond donors (Lipinski definition) is 1.